The zero-order valence-corrected chi connectivity index (χ0v) is 15.0. The van der Waals surface area contributed by atoms with Gasteiger partial charge in [0.2, 0.25) is 0 Å². The van der Waals surface area contributed by atoms with Crippen LogP contribution in [0.4, 0.5) is 10.1 Å². The van der Waals surface area contributed by atoms with Gasteiger partial charge >= 0.3 is 0 Å². The SMILES string of the molecule is Cc1ccccc1C(C)NCc1ccc(N2CCC(O)CC2)c(F)c1. The van der Waals surface area contributed by atoms with Gasteiger partial charge in [-0.15, -0.1) is 0 Å². The van der Waals surface area contributed by atoms with E-state index in [1.165, 1.54) is 11.1 Å². The molecule has 0 bridgehead atoms. The van der Waals surface area contributed by atoms with E-state index in [1.807, 2.05) is 29.2 Å². The number of rotatable bonds is 5. The molecule has 2 aromatic carbocycles. The van der Waals surface area contributed by atoms with Crippen molar-refractivity contribution in [3.05, 3.63) is 65.0 Å². The molecule has 25 heavy (non-hydrogen) atoms. The molecule has 1 saturated heterocycles. The molecule has 134 valence electrons. The third-order valence-corrected chi connectivity index (χ3v) is 5.08. The number of aliphatic hydroxyl groups is 1. The first-order valence-electron chi connectivity index (χ1n) is 9.05. The van der Waals surface area contributed by atoms with E-state index in [0.29, 0.717) is 38.2 Å². The number of piperidine rings is 1. The van der Waals surface area contributed by atoms with E-state index >= 15 is 0 Å². The highest BCUT2D eigenvalue weighted by molar-refractivity contribution is 5.49. The average Bonchev–Trinajstić information content (AvgIpc) is 2.61. The number of nitrogens with zero attached hydrogens (tertiary/aromatic N) is 1. The number of nitrogens with one attached hydrogen (secondary N) is 1. The molecule has 0 aliphatic carbocycles. The van der Waals surface area contributed by atoms with E-state index < -0.39 is 0 Å². The van der Waals surface area contributed by atoms with E-state index in [1.54, 1.807) is 6.07 Å². The fourth-order valence-corrected chi connectivity index (χ4v) is 3.48. The molecule has 3 nitrogen and oxygen atoms in total. The summed E-state index contributed by atoms with van der Waals surface area (Å²) in [5.74, 6) is -0.181. The van der Waals surface area contributed by atoms with Crippen LogP contribution in [-0.4, -0.2) is 24.3 Å². The Morgan fingerprint density at radius 1 is 1.20 bits per heavy atom. The van der Waals surface area contributed by atoms with E-state index in [9.17, 15) is 9.50 Å². The molecule has 0 amide bonds. The first-order chi connectivity index (χ1) is 12.0. The summed E-state index contributed by atoms with van der Waals surface area (Å²) in [5.41, 5.74) is 4.11. The van der Waals surface area contributed by atoms with Gasteiger partial charge in [-0.25, -0.2) is 4.39 Å². The van der Waals surface area contributed by atoms with E-state index in [0.717, 1.165) is 5.56 Å². The zero-order chi connectivity index (χ0) is 17.8. The maximum Gasteiger partial charge on any atom is 0.146 e. The third-order valence-electron chi connectivity index (χ3n) is 5.08. The van der Waals surface area contributed by atoms with Crippen molar-refractivity contribution in [2.45, 2.75) is 45.4 Å². The lowest BCUT2D eigenvalue weighted by atomic mass is 10.0. The highest BCUT2D eigenvalue weighted by Crippen LogP contribution is 2.25. The smallest absolute Gasteiger partial charge is 0.146 e. The number of hydrogen-bond donors (Lipinski definition) is 2. The van der Waals surface area contributed by atoms with Crippen LogP contribution < -0.4 is 10.2 Å². The second-order valence-electron chi connectivity index (χ2n) is 6.96. The van der Waals surface area contributed by atoms with E-state index in [-0.39, 0.29) is 18.0 Å². The number of benzene rings is 2. The predicted octanol–water partition coefficient (Wildman–Crippen LogP) is 3.95. The van der Waals surface area contributed by atoms with Gasteiger partial charge in [0.05, 0.1) is 11.8 Å². The molecule has 4 heteroatoms. The Morgan fingerprint density at radius 2 is 1.92 bits per heavy atom. The minimum absolute atomic E-state index is 0.181. The lowest BCUT2D eigenvalue weighted by Gasteiger charge is -2.31. The molecule has 0 spiro atoms. The van der Waals surface area contributed by atoms with E-state index in [4.69, 9.17) is 0 Å². The predicted molar refractivity (Wildman–Crippen MR) is 100 cm³/mol. The molecule has 0 saturated carbocycles. The largest absolute Gasteiger partial charge is 0.393 e. The summed E-state index contributed by atoms with van der Waals surface area (Å²) >= 11 is 0. The van der Waals surface area contributed by atoms with Crippen molar-refractivity contribution >= 4 is 5.69 Å². The summed E-state index contributed by atoms with van der Waals surface area (Å²) in [4.78, 5) is 2.02. The first-order valence-corrected chi connectivity index (χ1v) is 9.05. The second-order valence-corrected chi connectivity index (χ2v) is 6.96. The van der Waals surface area contributed by atoms with Gasteiger partial charge in [0.15, 0.2) is 0 Å². The van der Waals surface area contributed by atoms with Crippen LogP contribution >= 0.6 is 0 Å². The van der Waals surface area contributed by atoms with Crippen LogP contribution in [0.1, 0.15) is 42.5 Å². The molecule has 1 aliphatic rings. The molecule has 3 rings (SSSR count). The standard InChI is InChI=1S/C21H27FN2O/c1-15-5-3-4-6-19(15)16(2)23-14-17-7-8-21(20(22)13-17)24-11-9-18(25)10-12-24/h3-8,13,16,18,23,25H,9-12,14H2,1-2H3. The monoisotopic (exact) mass is 342 g/mol. The normalized spacial score (nSPS) is 16.9. The molecule has 0 aromatic heterocycles. The van der Waals surface area contributed by atoms with Gasteiger partial charge in [0.1, 0.15) is 5.82 Å². The van der Waals surface area contributed by atoms with Crippen molar-refractivity contribution in [1.29, 1.82) is 0 Å². The maximum atomic E-state index is 14.5. The number of anilines is 1. The van der Waals surface area contributed by atoms with Gasteiger partial charge < -0.3 is 15.3 Å². The van der Waals surface area contributed by atoms with Crippen LogP contribution in [0.2, 0.25) is 0 Å². The lowest BCUT2D eigenvalue weighted by molar-refractivity contribution is 0.145. The Hall–Kier alpha value is -1.91. The summed E-state index contributed by atoms with van der Waals surface area (Å²) in [5, 5.41) is 13.1. The minimum atomic E-state index is -0.245. The summed E-state index contributed by atoms with van der Waals surface area (Å²) in [6.45, 7) is 6.29. The molecule has 1 heterocycles. The zero-order valence-electron chi connectivity index (χ0n) is 15.0. The van der Waals surface area contributed by atoms with Crippen molar-refractivity contribution in [1.82, 2.24) is 5.32 Å². The summed E-state index contributed by atoms with van der Waals surface area (Å²) in [6.07, 6.45) is 1.17. The number of aliphatic hydroxyl groups excluding tert-OH is 1. The fraction of sp³-hybridized carbons (Fsp3) is 0.429. The van der Waals surface area contributed by atoms with Gasteiger partial charge in [0, 0.05) is 25.7 Å². The molecule has 0 radical (unpaired) electrons. The molecule has 2 aromatic rings. The van der Waals surface area contributed by atoms with Crippen molar-refractivity contribution in [2.24, 2.45) is 0 Å². The summed E-state index contributed by atoms with van der Waals surface area (Å²) < 4.78 is 14.5. The molecular weight excluding hydrogens is 315 g/mol. The fourth-order valence-electron chi connectivity index (χ4n) is 3.48. The highest BCUT2D eigenvalue weighted by atomic mass is 19.1. The van der Waals surface area contributed by atoms with Gasteiger partial charge in [-0.3, -0.25) is 0 Å². The molecule has 1 atom stereocenters. The Kier molecular flexibility index (Phi) is 5.71. The number of halogens is 1. The third kappa shape index (κ3) is 4.39. The van der Waals surface area contributed by atoms with Crippen LogP contribution in [0.3, 0.4) is 0 Å². The van der Waals surface area contributed by atoms with Crippen LogP contribution in [0, 0.1) is 12.7 Å². The first kappa shape index (κ1) is 17.9. The van der Waals surface area contributed by atoms with Gasteiger partial charge in [-0.1, -0.05) is 30.3 Å². The second kappa shape index (κ2) is 7.98. The Bertz CT molecular complexity index is 711. The topological polar surface area (TPSA) is 35.5 Å². The van der Waals surface area contributed by atoms with Gasteiger partial charge in [-0.2, -0.15) is 0 Å². The van der Waals surface area contributed by atoms with Gasteiger partial charge in [-0.05, 0) is 55.5 Å². The van der Waals surface area contributed by atoms with Crippen molar-refractivity contribution in [3.63, 3.8) is 0 Å². The van der Waals surface area contributed by atoms with Crippen molar-refractivity contribution < 1.29 is 9.50 Å². The number of aryl methyl sites for hydroxylation is 1. The number of hydrogen-bond acceptors (Lipinski definition) is 3. The maximum absolute atomic E-state index is 14.5. The van der Waals surface area contributed by atoms with Crippen molar-refractivity contribution in [2.75, 3.05) is 18.0 Å². The van der Waals surface area contributed by atoms with Crippen LogP contribution in [0.15, 0.2) is 42.5 Å². The lowest BCUT2D eigenvalue weighted by Crippen LogP contribution is -2.36. The van der Waals surface area contributed by atoms with Crippen LogP contribution in [-0.2, 0) is 6.54 Å². The molecule has 1 fully saturated rings. The average molecular weight is 342 g/mol. The minimum Gasteiger partial charge on any atom is -0.393 e. The Balaban J connectivity index is 1.62. The Morgan fingerprint density at radius 3 is 2.60 bits per heavy atom. The molecule has 2 N–H and O–H groups in total. The molecular formula is C21H27FN2O. The summed E-state index contributed by atoms with van der Waals surface area (Å²) in [7, 11) is 0. The Labute approximate surface area is 149 Å². The van der Waals surface area contributed by atoms with Crippen molar-refractivity contribution in [3.8, 4) is 0 Å². The highest BCUT2D eigenvalue weighted by Gasteiger charge is 2.19. The van der Waals surface area contributed by atoms with E-state index in [2.05, 4.69) is 31.3 Å². The van der Waals surface area contributed by atoms with Crippen LogP contribution in [0.5, 0.6) is 0 Å². The molecule has 1 aliphatic heterocycles. The quantitative estimate of drug-likeness (QED) is 0.864. The summed E-state index contributed by atoms with van der Waals surface area (Å²) in [6, 6.07) is 14.0. The molecule has 1 unspecified atom stereocenters. The van der Waals surface area contributed by atoms with Gasteiger partial charge in [0.25, 0.3) is 0 Å². The van der Waals surface area contributed by atoms with Crippen LogP contribution in [0.25, 0.3) is 0 Å².